The van der Waals surface area contributed by atoms with Crippen LogP contribution in [0.3, 0.4) is 0 Å². The number of hydrazine groups is 1. The molecule has 2 aromatic carbocycles. The summed E-state index contributed by atoms with van der Waals surface area (Å²) in [6.07, 6.45) is -4.42. The van der Waals surface area contributed by atoms with E-state index in [4.69, 9.17) is 11.6 Å². The number of rotatable bonds is 4. The maximum absolute atomic E-state index is 13.9. The highest BCUT2D eigenvalue weighted by atomic mass is 19.4. The van der Waals surface area contributed by atoms with Gasteiger partial charge in [-0.1, -0.05) is 6.07 Å². The molecular weight excluding hydrogens is 314 g/mol. The SMILES string of the molecule is NN/N=C(\N)c1c(F)cccc1Nc1ccc(C(F)(F)F)cc1. The number of hydrogen-bond donors (Lipinski definition) is 4. The lowest BCUT2D eigenvalue weighted by Crippen LogP contribution is -2.24. The van der Waals surface area contributed by atoms with E-state index in [0.717, 1.165) is 12.1 Å². The van der Waals surface area contributed by atoms with Gasteiger partial charge in [-0.2, -0.15) is 13.2 Å². The first-order valence-electron chi connectivity index (χ1n) is 6.35. The number of halogens is 4. The van der Waals surface area contributed by atoms with Gasteiger partial charge in [0, 0.05) is 5.69 Å². The first kappa shape index (κ1) is 16.6. The zero-order chi connectivity index (χ0) is 17.0. The Labute approximate surface area is 128 Å². The summed E-state index contributed by atoms with van der Waals surface area (Å²) in [6, 6.07) is 8.40. The minimum atomic E-state index is -4.42. The third-order valence-electron chi connectivity index (χ3n) is 2.95. The third-order valence-corrected chi connectivity index (χ3v) is 2.95. The van der Waals surface area contributed by atoms with Gasteiger partial charge < -0.3 is 11.1 Å². The van der Waals surface area contributed by atoms with Gasteiger partial charge in [0.15, 0.2) is 5.84 Å². The fourth-order valence-corrected chi connectivity index (χ4v) is 1.91. The van der Waals surface area contributed by atoms with Crippen molar-refractivity contribution in [3.05, 3.63) is 59.4 Å². The third kappa shape index (κ3) is 3.89. The van der Waals surface area contributed by atoms with Crippen LogP contribution >= 0.6 is 0 Å². The fraction of sp³-hybridized carbons (Fsp3) is 0.0714. The monoisotopic (exact) mass is 327 g/mol. The van der Waals surface area contributed by atoms with Crippen molar-refractivity contribution < 1.29 is 17.6 Å². The van der Waals surface area contributed by atoms with Crippen molar-refractivity contribution in [2.24, 2.45) is 16.7 Å². The Morgan fingerprint density at radius 2 is 1.70 bits per heavy atom. The Hall–Kier alpha value is -2.81. The molecule has 0 bridgehead atoms. The zero-order valence-corrected chi connectivity index (χ0v) is 11.7. The molecule has 0 aromatic heterocycles. The smallest absolute Gasteiger partial charge is 0.382 e. The number of hydrogen-bond acceptors (Lipinski definition) is 4. The molecule has 0 aliphatic carbocycles. The molecule has 9 heteroatoms. The highest BCUT2D eigenvalue weighted by Gasteiger charge is 2.29. The second kappa shape index (κ2) is 6.53. The number of hydrazone groups is 1. The van der Waals surface area contributed by atoms with Crippen LogP contribution in [0.4, 0.5) is 28.9 Å². The van der Waals surface area contributed by atoms with Crippen molar-refractivity contribution in [2.75, 3.05) is 5.32 Å². The Bertz CT molecular complexity index is 710. The number of nitrogens with one attached hydrogen (secondary N) is 2. The summed E-state index contributed by atoms with van der Waals surface area (Å²) in [7, 11) is 0. The molecule has 0 aliphatic rings. The maximum Gasteiger partial charge on any atom is 0.416 e. The molecule has 122 valence electrons. The van der Waals surface area contributed by atoms with E-state index in [2.05, 4.69) is 10.4 Å². The molecule has 0 aliphatic heterocycles. The average molecular weight is 327 g/mol. The summed E-state index contributed by atoms with van der Waals surface area (Å²) in [5.41, 5.74) is 7.31. The molecule has 2 rings (SSSR count). The summed E-state index contributed by atoms with van der Waals surface area (Å²) in [6.45, 7) is 0. The van der Waals surface area contributed by atoms with Crippen LogP contribution < -0.4 is 22.4 Å². The maximum atomic E-state index is 13.9. The van der Waals surface area contributed by atoms with Gasteiger partial charge in [-0.15, -0.1) is 5.10 Å². The van der Waals surface area contributed by atoms with Crippen LogP contribution in [0.2, 0.25) is 0 Å². The molecule has 0 saturated carbocycles. The lowest BCUT2D eigenvalue weighted by atomic mass is 10.1. The van der Waals surface area contributed by atoms with Crippen molar-refractivity contribution in [1.82, 2.24) is 5.53 Å². The standard InChI is InChI=1S/C14H13F4N5/c15-10-2-1-3-11(12(10)13(19)22-23-20)21-9-6-4-8(5-7-9)14(16,17)18/h1-7,21,23H,20H2,(H2,19,22). The van der Waals surface area contributed by atoms with E-state index >= 15 is 0 Å². The second-order valence-electron chi connectivity index (χ2n) is 4.49. The average Bonchev–Trinajstić information content (AvgIpc) is 2.47. The fourth-order valence-electron chi connectivity index (χ4n) is 1.91. The Balaban J connectivity index is 2.34. The predicted molar refractivity (Wildman–Crippen MR) is 79.2 cm³/mol. The molecule has 6 N–H and O–H groups in total. The highest BCUT2D eigenvalue weighted by Crippen LogP contribution is 2.31. The molecule has 0 heterocycles. The van der Waals surface area contributed by atoms with Gasteiger partial charge >= 0.3 is 6.18 Å². The summed E-state index contributed by atoms with van der Waals surface area (Å²) in [5, 5.41) is 6.29. The minimum Gasteiger partial charge on any atom is -0.382 e. The molecule has 0 saturated heterocycles. The van der Waals surface area contributed by atoms with Gasteiger partial charge in [-0.3, -0.25) is 0 Å². The van der Waals surface area contributed by atoms with E-state index in [1.54, 1.807) is 0 Å². The van der Waals surface area contributed by atoms with Gasteiger partial charge in [-0.05, 0) is 36.4 Å². The topological polar surface area (TPSA) is 88.5 Å². The second-order valence-corrected chi connectivity index (χ2v) is 4.49. The number of benzene rings is 2. The Morgan fingerprint density at radius 1 is 1.04 bits per heavy atom. The van der Waals surface area contributed by atoms with E-state index in [9.17, 15) is 17.6 Å². The van der Waals surface area contributed by atoms with Crippen molar-refractivity contribution in [1.29, 1.82) is 0 Å². The number of nitrogens with two attached hydrogens (primary N) is 2. The molecule has 5 nitrogen and oxygen atoms in total. The van der Waals surface area contributed by atoms with E-state index < -0.39 is 17.6 Å². The first-order chi connectivity index (χ1) is 10.8. The molecule has 0 spiro atoms. The van der Waals surface area contributed by atoms with Crippen LogP contribution in [0.1, 0.15) is 11.1 Å². The lowest BCUT2D eigenvalue weighted by molar-refractivity contribution is -0.137. The van der Waals surface area contributed by atoms with E-state index in [-0.39, 0.29) is 17.1 Å². The molecule has 0 radical (unpaired) electrons. The lowest BCUT2D eigenvalue weighted by Gasteiger charge is -2.13. The van der Waals surface area contributed by atoms with Crippen molar-refractivity contribution in [2.45, 2.75) is 6.18 Å². The number of anilines is 2. The van der Waals surface area contributed by atoms with Crippen molar-refractivity contribution >= 4 is 17.2 Å². The van der Waals surface area contributed by atoms with Gasteiger partial charge in [0.25, 0.3) is 0 Å². The normalized spacial score (nSPS) is 12.1. The summed E-state index contributed by atoms with van der Waals surface area (Å²) in [5.74, 6) is 4.15. The van der Waals surface area contributed by atoms with Gasteiger partial charge in [0.1, 0.15) is 5.82 Å². The molecule has 2 aromatic rings. The van der Waals surface area contributed by atoms with Gasteiger partial charge in [-0.25, -0.2) is 15.8 Å². The highest BCUT2D eigenvalue weighted by molar-refractivity contribution is 6.03. The van der Waals surface area contributed by atoms with E-state index in [1.165, 1.54) is 30.3 Å². The molecule has 0 atom stereocenters. The molecule has 23 heavy (non-hydrogen) atoms. The van der Waals surface area contributed by atoms with E-state index in [1.807, 2.05) is 5.53 Å². The summed E-state index contributed by atoms with van der Waals surface area (Å²) in [4.78, 5) is 0. The molecule has 0 unspecified atom stereocenters. The zero-order valence-electron chi connectivity index (χ0n) is 11.7. The Kier molecular flexibility index (Phi) is 4.70. The van der Waals surface area contributed by atoms with Crippen LogP contribution in [-0.2, 0) is 6.18 Å². The van der Waals surface area contributed by atoms with E-state index in [0.29, 0.717) is 5.69 Å². The minimum absolute atomic E-state index is 0.0506. The first-order valence-corrected chi connectivity index (χ1v) is 6.35. The molecule has 0 fully saturated rings. The van der Waals surface area contributed by atoms with Crippen LogP contribution in [0.25, 0.3) is 0 Å². The van der Waals surface area contributed by atoms with Gasteiger partial charge in [0.2, 0.25) is 0 Å². The Morgan fingerprint density at radius 3 is 2.26 bits per heavy atom. The largest absolute Gasteiger partial charge is 0.416 e. The predicted octanol–water partition coefficient (Wildman–Crippen LogP) is 2.67. The summed E-state index contributed by atoms with van der Waals surface area (Å²) < 4.78 is 51.5. The van der Waals surface area contributed by atoms with Crippen LogP contribution in [0.15, 0.2) is 47.6 Å². The van der Waals surface area contributed by atoms with Crippen molar-refractivity contribution in [3.63, 3.8) is 0 Å². The molecule has 0 amide bonds. The molecular formula is C14H13F4N5. The van der Waals surface area contributed by atoms with Crippen LogP contribution in [0, 0.1) is 5.82 Å². The number of nitrogens with zero attached hydrogens (tertiary/aromatic N) is 1. The quantitative estimate of drug-likeness (QED) is 0.229. The van der Waals surface area contributed by atoms with Crippen LogP contribution in [0.5, 0.6) is 0 Å². The number of alkyl halides is 3. The van der Waals surface area contributed by atoms with Crippen molar-refractivity contribution in [3.8, 4) is 0 Å². The van der Waals surface area contributed by atoms with Gasteiger partial charge in [0.05, 0.1) is 16.8 Å². The number of amidine groups is 1. The summed E-state index contributed by atoms with van der Waals surface area (Å²) >= 11 is 0. The van der Waals surface area contributed by atoms with Crippen LogP contribution in [-0.4, -0.2) is 5.84 Å².